The van der Waals surface area contributed by atoms with Crippen molar-refractivity contribution >= 4 is 36.0 Å². The number of hydrogen-bond donors (Lipinski definition) is 2. The van der Waals surface area contributed by atoms with Crippen molar-refractivity contribution in [3.05, 3.63) is 23.8 Å². The molecule has 2 rings (SSSR count). The van der Waals surface area contributed by atoms with E-state index < -0.39 is 0 Å². The summed E-state index contributed by atoms with van der Waals surface area (Å²) in [5, 5.41) is 0. The van der Waals surface area contributed by atoms with E-state index in [4.69, 9.17) is 5.73 Å². The fourth-order valence-corrected chi connectivity index (χ4v) is 2.95. The number of thiol groups is 1. The molecule has 1 aliphatic rings. The molecule has 0 aliphatic carbocycles. The predicted octanol–water partition coefficient (Wildman–Crippen LogP) is 1.51. The van der Waals surface area contributed by atoms with Crippen molar-refractivity contribution in [2.24, 2.45) is 5.73 Å². The van der Waals surface area contributed by atoms with E-state index in [1.54, 1.807) is 16.7 Å². The highest BCUT2D eigenvalue weighted by atomic mass is 32.2. The smallest absolute Gasteiger partial charge is 0.238 e. The largest absolute Gasteiger partial charge is 0.330 e. The van der Waals surface area contributed by atoms with Crippen molar-refractivity contribution in [3.63, 3.8) is 0 Å². The third-order valence-electron chi connectivity index (χ3n) is 2.54. The van der Waals surface area contributed by atoms with Crippen molar-refractivity contribution in [1.82, 2.24) is 0 Å². The highest BCUT2D eigenvalue weighted by Crippen LogP contribution is 2.36. The van der Waals surface area contributed by atoms with Crippen LogP contribution >= 0.6 is 24.4 Å². The molecule has 1 amide bonds. The van der Waals surface area contributed by atoms with E-state index in [-0.39, 0.29) is 5.91 Å². The van der Waals surface area contributed by atoms with E-state index in [1.807, 2.05) is 6.07 Å². The first-order chi connectivity index (χ1) is 7.76. The molecule has 1 heterocycles. The standard InChI is InChI=1S/C11H14N2OS2/c12-4-3-8-1-2-10-9(5-8)13(7-15)11(14)6-16-10/h1-2,5,15H,3-4,6-7,12H2. The highest BCUT2D eigenvalue weighted by Gasteiger charge is 2.23. The molecule has 0 unspecified atom stereocenters. The summed E-state index contributed by atoms with van der Waals surface area (Å²) in [5.74, 6) is 1.06. The maximum absolute atomic E-state index is 11.7. The van der Waals surface area contributed by atoms with Crippen molar-refractivity contribution in [1.29, 1.82) is 0 Å². The first kappa shape index (κ1) is 11.8. The molecule has 1 aliphatic heterocycles. The van der Waals surface area contributed by atoms with Gasteiger partial charge in [0.2, 0.25) is 5.91 Å². The van der Waals surface area contributed by atoms with Crippen LogP contribution in [0.2, 0.25) is 0 Å². The van der Waals surface area contributed by atoms with Gasteiger partial charge in [0.1, 0.15) is 0 Å². The molecule has 2 N–H and O–H groups in total. The molecule has 0 bridgehead atoms. The number of carbonyl (C=O) groups is 1. The number of carbonyl (C=O) groups excluding carboxylic acids is 1. The van der Waals surface area contributed by atoms with Crippen LogP contribution in [0.4, 0.5) is 5.69 Å². The Balaban J connectivity index is 2.37. The summed E-state index contributed by atoms with van der Waals surface area (Å²) in [7, 11) is 0. The van der Waals surface area contributed by atoms with Crippen LogP contribution < -0.4 is 10.6 Å². The highest BCUT2D eigenvalue weighted by molar-refractivity contribution is 8.00. The summed E-state index contributed by atoms with van der Waals surface area (Å²) >= 11 is 5.79. The lowest BCUT2D eigenvalue weighted by molar-refractivity contribution is -0.116. The first-order valence-corrected chi connectivity index (χ1v) is 6.75. The van der Waals surface area contributed by atoms with Crippen molar-refractivity contribution in [2.75, 3.05) is 23.1 Å². The normalized spacial score (nSPS) is 15.1. The average Bonchev–Trinajstić information content (AvgIpc) is 2.29. The molecule has 16 heavy (non-hydrogen) atoms. The van der Waals surface area contributed by atoms with Crippen LogP contribution in [0.1, 0.15) is 5.56 Å². The van der Waals surface area contributed by atoms with E-state index in [0.717, 1.165) is 17.0 Å². The van der Waals surface area contributed by atoms with Gasteiger partial charge in [0.25, 0.3) is 0 Å². The van der Waals surface area contributed by atoms with Crippen LogP contribution in [-0.2, 0) is 11.2 Å². The minimum absolute atomic E-state index is 0.123. The Morgan fingerprint density at radius 3 is 3.00 bits per heavy atom. The molecule has 0 radical (unpaired) electrons. The number of amides is 1. The molecular weight excluding hydrogens is 240 g/mol. The molecule has 1 aromatic carbocycles. The predicted molar refractivity (Wildman–Crippen MR) is 71.3 cm³/mol. The van der Waals surface area contributed by atoms with E-state index in [2.05, 4.69) is 24.8 Å². The van der Waals surface area contributed by atoms with E-state index in [9.17, 15) is 4.79 Å². The van der Waals surface area contributed by atoms with Gasteiger partial charge >= 0.3 is 0 Å². The number of rotatable bonds is 3. The molecule has 0 spiro atoms. The minimum Gasteiger partial charge on any atom is -0.330 e. The SMILES string of the molecule is NCCc1ccc2c(c1)N(CS)C(=O)CS2. The fourth-order valence-electron chi connectivity index (χ4n) is 1.72. The second-order valence-corrected chi connectivity index (χ2v) is 4.89. The zero-order valence-electron chi connectivity index (χ0n) is 8.85. The summed E-state index contributed by atoms with van der Waals surface area (Å²) in [4.78, 5) is 14.6. The van der Waals surface area contributed by atoms with Gasteiger partial charge in [0, 0.05) is 4.90 Å². The molecule has 1 aromatic rings. The Morgan fingerprint density at radius 2 is 2.31 bits per heavy atom. The van der Waals surface area contributed by atoms with E-state index in [0.29, 0.717) is 18.2 Å². The van der Waals surface area contributed by atoms with Crippen molar-refractivity contribution < 1.29 is 4.79 Å². The van der Waals surface area contributed by atoms with E-state index >= 15 is 0 Å². The Kier molecular flexibility index (Phi) is 3.78. The van der Waals surface area contributed by atoms with E-state index in [1.165, 1.54) is 5.56 Å². The number of benzene rings is 1. The quantitative estimate of drug-likeness (QED) is 0.804. The summed E-state index contributed by atoms with van der Waals surface area (Å²) in [6, 6.07) is 6.18. The lowest BCUT2D eigenvalue weighted by Crippen LogP contribution is -2.34. The summed E-state index contributed by atoms with van der Waals surface area (Å²) in [6.45, 7) is 0.626. The number of fused-ring (bicyclic) bond motifs is 1. The Morgan fingerprint density at radius 1 is 1.50 bits per heavy atom. The second kappa shape index (κ2) is 5.12. The van der Waals surface area contributed by atoms with Gasteiger partial charge in [-0.15, -0.1) is 11.8 Å². The van der Waals surface area contributed by atoms with Gasteiger partial charge in [-0.05, 0) is 30.7 Å². The van der Waals surface area contributed by atoms with Gasteiger partial charge in [-0.2, -0.15) is 12.6 Å². The van der Waals surface area contributed by atoms with Gasteiger partial charge in [-0.25, -0.2) is 0 Å². The Hall–Kier alpha value is -0.650. The lowest BCUT2D eigenvalue weighted by atomic mass is 10.1. The van der Waals surface area contributed by atoms with Crippen LogP contribution in [0.25, 0.3) is 0 Å². The van der Waals surface area contributed by atoms with Crippen LogP contribution in [0.15, 0.2) is 23.1 Å². The Labute approximate surface area is 105 Å². The summed E-state index contributed by atoms with van der Waals surface area (Å²) in [6.07, 6.45) is 0.840. The number of anilines is 1. The van der Waals surface area contributed by atoms with Crippen LogP contribution in [0.5, 0.6) is 0 Å². The monoisotopic (exact) mass is 254 g/mol. The average molecular weight is 254 g/mol. The van der Waals surface area contributed by atoms with Crippen LogP contribution in [-0.4, -0.2) is 24.1 Å². The molecule has 0 fully saturated rings. The van der Waals surface area contributed by atoms with Crippen LogP contribution in [0.3, 0.4) is 0 Å². The number of hydrogen-bond acceptors (Lipinski definition) is 4. The molecule has 0 aromatic heterocycles. The maximum atomic E-state index is 11.7. The van der Waals surface area contributed by atoms with Crippen molar-refractivity contribution in [3.8, 4) is 0 Å². The second-order valence-electron chi connectivity index (χ2n) is 3.59. The number of thioether (sulfide) groups is 1. The molecular formula is C11H14N2OS2. The molecule has 0 saturated heterocycles. The maximum Gasteiger partial charge on any atom is 0.238 e. The fraction of sp³-hybridized carbons (Fsp3) is 0.364. The molecule has 0 saturated carbocycles. The summed E-state index contributed by atoms with van der Waals surface area (Å²) in [5.41, 5.74) is 7.67. The lowest BCUT2D eigenvalue weighted by Gasteiger charge is -2.27. The third-order valence-corrected chi connectivity index (χ3v) is 3.87. The van der Waals surface area contributed by atoms with Crippen molar-refractivity contribution in [2.45, 2.75) is 11.3 Å². The minimum atomic E-state index is 0.123. The number of nitrogens with two attached hydrogens (primary N) is 1. The molecule has 5 heteroatoms. The zero-order chi connectivity index (χ0) is 11.5. The van der Waals surface area contributed by atoms with Gasteiger partial charge in [-0.1, -0.05) is 6.07 Å². The zero-order valence-corrected chi connectivity index (χ0v) is 10.6. The topological polar surface area (TPSA) is 46.3 Å². The molecule has 86 valence electrons. The first-order valence-electron chi connectivity index (χ1n) is 5.13. The van der Waals surface area contributed by atoms with Crippen LogP contribution in [0, 0.1) is 0 Å². The number of nitrogens with zero attached hydrogens (tertiary/aromatic N) is 1. The summed E-state index contributed by atoms with van der Waals surface area (Å²) < 4.78 is 0. The molecule has 3 nitrogen and oxygen atoms in total. The van der Waals surface area contributed by atoms with Gasteiger partial charge in [0.15, 0.2) is 0 Å². The molecule has 0 atom stereocenters. The third kappa shape index (κ3) is 2.21. The van der Waals surface area contributed by atoms with Gasteiger partial charge in [0.05, 0.1) is 17.3 Å². The Bertz CT molecular complexity index is 409. The van der Waals surface area contributed by atoms with Gasteiger partial charge in [-0.3, -0.25) is 4.79 Å². The van der Waals surface area contributed by atoms with Gasteiger partial charge < -0.3 is 10.6 Å².